The van der Waals surface area contributed by atoms with E-state index < -0.39 is 5.60 Å². The summed E-state index contributed by atoms with van der Waals surface area (Å²) in [5.41, 5.74) is -0.718. The number of rotatable bonds is 3. The van der Waals surface area contributed by atoms with Gasteiger partial charge < -0.3 is 15.4 Å². The summed E-state index contributed by atoms with van der Waals surface area (Å²) in [6, 6.07) is 1.53. The lowest BCUT2D eigenvalue weighted by molar-refractivity contribution is -0.140. The van der Waals surface area contributed by atoms with Crippen LogP contribution in [0.4, 0.5) is 0 Å². The second-order valence-electron chi connectivity index (χ2n) is 5.49. The summed E-state index contributed by atoms with van der Waals surface area (Å²) in [7, 11) is 1.58. The second-order valence-corrected chi connectivity index (χ2v) is 5.49. The highest BCUT2D eigenvalue weighted by Gasteiger charge is 2.36. The Morgan fingerprint density at radius 3 is 2.38 bits per heavy atom. The van der Waals surface area contributed by atoms with E-state index in [0.717, 1.165) is 12.8 Å². The highest BCUT2D eigenvalue weighted by Crippen LogP contribution is 2.27. The first-order chi connectivity index (χ1) is 7.51. The van der Waals surface area contributed by atoms with Gasteiger partial charge in [0.25, 0.3) is 5.91 Å². The smallest absolute Gasteiger partial charge is 0.251 e. The third kappa shape index (κ3) is 2.38. The van der Waals surface area contributed by atoms with Gasteiger partial charge in [-0.3, -0.25) is 4.79 Å². The molecule has 2 N–H and O–H groups in total. The zero-order valence-electron chi connectivity index (χ0n) is 10.4. The molecule has 2 unspecified atom stereocenters. The number of nitrogens with one attached hydrogen (secondary N) is 2. The molecule has 2 saturated heterocycles. The number of hydrogen-bond acceptors (Lipinski definition) is 3. The Bertz CT molecular complexity index is 266. The second kappa shape index (κ2) is 4.34. The van der Waals surface area contributed by atoms with Crippen molar-refractivity contribution in [3.8, 4) is 0 Å². The van der Waals surface area contributed by atoms with E-state index in [2.05, 4.69) is 10.6 Å². The number of fused-ring (bicyclic) bond motifs is 2. The first-order valence-corrected chi connectivity index (χ1v) is 6.13. The molecule has 0 saturated carbocycles. The lowest BCUT2D eigenvalue weighted by atomic mass is 9.98. The molecule has 2 bridgehead atoms. The lowest BCUT2D eigenvalue weighted by Gasteiger charge is -2.32. The molecule has 2 heterocycles. The molecule has 0 aromatic rings. The van der Waals surface area contributed by atoms with Crippen LogP contribution >= 0.6 is 0 Å². The normalized spacial score (nSPS) is 33.8. The number of ether oxygens (including phenoxy) is 1. The minimum Gasteiger partial charge on any atom is -0.369 e. The molecule has 0 aliphatic carbocycles. The van der Waals surface area contributed by atoms with Crippen molar-refractivity contribution in [3.05, 3.63) is 0 Å². The molecule has 0 spiro atoms. The average Bonchev–Trinajstić information content (AvgIpc) is 2.58. The molecule has 2 atom stereocenters. The fraction of sp³-hybridized carbons (Fsp3) is 0.917. The topological polar surface area (TPSA) is 50.4 Å². The highest BCUT2D eigenvalue weighted by atomic mass is 16.5. The van der Waals surface area contributed by atoms with Crippen LogP contribution in [-0.2, 0) is 9.53 Å². The summed E-state index contributed by atoms with van der Waals surface area (Å²) in [6.45, 7) is 3.61. The largest absolute Gasteiger partial charge is 0.369 e. The molecule has 0 aromatic heterocycles. The molecule has 16 heavy (non-hydrogen) atoms. The van der Waals surface area contributed by atoms with E-state index >= 15 is 0 Å². The average molecular weight is 226 g/mol. The van der Waals surface area contributed by atoms with Gasteiger partial charge in [0.05, 0.1) is 0 Å². The lowest BCUT2D eigenvalue weighted by Crippen LogP contribution is -2.53. The molecular weight excluding hydrogens is 204 g/mol. The molecular formula is C12H22N2O2. The Morgan fingerprint density at radius 1 is 1.31 bits per heavy atom. The van der Waals surface area contributed by atoms with E-state index in [0.29, 0.717) is 18.1 Å². The molecule has 92 valence electrons. The molecule has 2 aliphatic rings. The Kier molecular flexibility index (Phi) is 3.22. The standard InChI is InChI=1S/C12H22N2O2/c1-12(2,16-3)11(15)14-10-6-8-4-5-9(7-10)13-8/h8-10,13H,4-7H2,1-3H3,(H,14,15). The molecule has 1 amide bonds. The van der Waals surface area contributed by atoms with E-state index in [1.807, 2.05) is 0 Å². The number of hydrogen-bond donors (Lipinski definition) is 2. The van der Waals surface area contributed by atoms with E-state index in [4.69, 9.17) is 4.74 Å². The zero-order valence-corrected chi connectivity index (χ0v) is 10.4. The summed E-state index contributed by atoms with van der Waals surface area (Å²) < 4.78 is 5.18. The van der Waals surface area contributed by atoms with Crippen molar-refractivity contribution < 1.29 is 9.53 Å². The van der Waals surface area contributed by atoms with Crippen LogP contribution in [0.3, 0.4) is 0 Å². The summed E-state index contributed by atoms with van der Waals surface area (Å²) in [5, 5.41) is 6.67. The zero-order chi connectivity index (χ0) is 11.8. The van der Waals surface area contributed by atoms with Gasteiger partial charge in [0.15, 0.2) is 0 Å². The van der Waals surface area contributed by atoms with Gasteiger partial charge in [-0.15, -0.1) is 0 Å². The van der Waals surface area contributed by atoms with Gasteiger partial charge >= 0.3 is 0 Å². The van der Waals surface area contributed by atoms with E-state index in [1.165, 1.54) is 12.8 Å². The number of piperidine rings is 1. The van der Waals surface area contributed by atoms with Crippen molar-refractivity contribution in [1.82, 2.24) is 10.6 Å². The van der Waals surface area contributed by atoms with Crippen LogP contribution in [0.5, 0.6) is 0 Å². The SMILES string of the molecule is COC(C)(C)C(=O)NC1CC2CCC(C1)N2. The fourth-order valence-electron chi connectivity index (χ4n) is 2.63. The van der Waals surface area contributed by atoms with Gasteiger partial charge in [0, 0.05) is 25.2 Å². The number of carbonyl (C=O) groups excluding carboxylic acids is 1. The van der Waals surface area contributed by atoms with Gasteiger partial charge in [0.2, 0.25) is 0 Å². The van der Waals surface area contributed by atoms with Crippen LogP contribution in [-0.4, -0.2) is 36.7 Å². The van der Waals surface area contributed by atoms with Gasteiger partial charge in [-0.1, -0.05) is 0 Å². The van der Waals surface area contributed by atoms with Crippen LogP contribution < -0.4 is 10.6 Å². The molecule has 2 aliphatic heterocycles. The van der Waals surface area contributed by atoms with Gasteiger partial charge in [-0.05, 0) is 39.5 Å². The summed E-state index contributed by atoms with van der Waals surface area (Å²) in [5.74, 6) is 0.00120. The maximum Gasteiger partial charge on any atom is 0.251 e. The highest BCUT2D eigenvalue weighted by molar-refractivity contribution is 5.84. The summed E-state index contributed by atoms with van der Waals surface area (Å²) >= 11 is 0. The maximum absolute atomic E-state index is 11.9. The minimum atomic E-state index is -0.718. The van der Waals surface area contributed by atoms with Crippen LogP contribution in [0.1, 0.15) is 39.5 Å². The van der Waals surface area contributed by atoms with E-state index in [-0.39, 0.29) is 5.91 Å². The maximum atomic E-state index is 11.9. The predicted molar refractivity (Wildman–Crippen MR) is 62.2 cm³/mol. The first kappa shape index (κ1) is 11.9. The molecule has 0 aromatic carbocycles. The van der Waals surface area contributed by atoms with Crippen molar-refractivity contribution >= 4 is 5.91 Å². The van der Waals surface area contributed by atoms with Gasteiger partial charge in [0.1, 0.15) is 5.60 Å². The Hall–Kier alpha value is -0.610. The third-order valence-electron chi connectivity index (χ3n) is 3.87. The van der Waals surface area contributed by atoms with Crippen molar-refractivity contribution in [2.45, 2.75) is 63.3 Å². The quantitative estimate of drug-likeness (QED) is 0.749. The Balaban J connectivity index is 1.88. The van der Waals surface area contributed by atoms with E-state index in [9.17, 15) is 4.79 Å². The fourth-order valence-corrected chi connectivity index (χ4v) is 2.63. The predicted octanol–water partition coefficient (Wildman–Crippen LogP) is 0.811. The Morgan fingerprint density at radius 2 is 1.88 bits per heavy atom. The van der Waals surface area contributed by atoms with Gasteiger partial charge in [-0.2, -0.15) is 0 Å². The van der Waals surface area contributed by atoms with Crippen molar-refractivity contribution in [3.63, 3.8) is 0 Å². The number of carbonyl (C=O) groups is 1. The van der Waals surface area contributed by atoms with Crippen LogP contribution in [0.25, 0.3) is 0 Å². The van der Waals surface area contributed by atoms with Crippen molar-refractivity contribution in [2.75, 3.05) is 7.11 Å². The summed E-state index contributed by atoms with van der Waals surface area (Å²) in [6.07, 6.45) is 4.62. The Labute approximate surface area is 97.1 Å². The summed E-state index contributed by atoms with van der Waals surface area (Å²) in [4.78, 5) is 11.9. The monoisotopic (exact) mass is 226 g/mol. The molecule has 2 rings (SSSR count). The molecule has 0 radical (unpaired) electrons. The van der Waals surface area contributed by atoms with Crippen LogP contribution in [0.2, 0.25) is 0 Å². The third-order valence-corrected chi connectivity index (χ3v) is 3.87. The number of amides is 1. The molecule has 4 nitrogen and oxygen atoms in total. The van der Waals surface area contributed by atoms with Crippen molar-refractivity contribution in [1.29, 1.82) is 0 Å². The molecule has 4 heteroatoms. The van der Waals surface area contributed by atoms with E-state index in [1.54, 1.807) is 21.0 Å². The number of methoxy groups -OCH3 is 1. The van der Waals surface area contributed by atoms with Gasteiger partial charge in [-0.25, -0.2) is 0 Å². The van der Waals surface area contributed by atoms with Crippen LogP contribution in [0, 0.1) is 0 Å². The van der Waals surface area contributed by atoms with Crippen LogP contribution in [0.15, 0.2) is 0 Å². The van der Waals surface area contributed by atoms with Crippen molar-refractivity contribution in [2.24, 2.45) is 0 Å². The molecule has 2 fully saturated rings. The minimum absolute atomic E-state index is 0.00120. The first-order valence-electron chi connectivity index (χ1n) is 6.13.